The first-order valence-corrected chi connectivity index (χ1v) is 7.02. The lowest BCUT2D eigenvalue weighted by Crippen LogP contribution is -2.29. The maximum Gasteiger partial charge on any atom is 0.115 e. The molecule has 1 atom stereocenters. The quantitative estimate of drug-likeness (QED) is 0.849. The van der Waals surface area contributed by atoms with Crippen LogP contribution in [-0.2, 0) is 6.54 Å². The third-order valence-corrected chi connectivity index (χ3v) is 4.59. The second-order valence-electron chi connectivity index (χ2n) is 5.08. The van der Waals surface area contributed by atoms with Gasteiger partial charge in [0, 0.05) is 28.8 Å². The van der Waals surface area contributed by atoms with Crippen LogP contribution in [0.1, 0.15) is 26.8 Å². The van der Waals surface area contributed by atoms with Crippen molar-refractivity contribution >= 4 is 11.3 Å². The molecule has 2 aromatic rings. The molecule has 1 aliphatic heterocycles. The first-order valence-electron chi connectivity index (χ1n) is 6.20. The highest BCUT2D eigenvalue weighted by Gasteiger charge is 2.26. The van der Waals surface area contributed by atoms with Gasteiger partial charge in [-0.05, 0) is 43.3 Å². The van der Waals surface area contributed by atoms with Crippen molar-refractivity contribution in [1.82, 2.24) is 4.90 Å². The zero-order chi connectivity index (χ0) is 12.7. The van der Waals surface area contributed by atoms with E-state index in [1.54, 1.807) is 12.1 Å². The smallest absolute Gasteiger partial charge is 0.115 e. The third kappa shape index (κ3) is 2.04. The zero-order valence-corrected chi connectivity index (χ0v) is 11.5. The highest BCUT2D eigenvalue weighted by molar-refractivity contribution is 7.12. The normalized spacial score (nSPS) is 19.8. The van der Waals surface area contributed by atoms with Gasteiger partial charge in [0.15, 0.2) is 0 Å². The molecule has 0 fully saturated rings. The topological polar surface area (TPSA) is 23.5 Å². The summed E-state index contributed by atoms with van der Waals surface area (Å²) in [6, 6.07) is 9.96. The summed E-state index contributed by atoms with van der Waals surface area (Å²) in [6.07, 6.45) is 0. The summed E-state index contributed by atoms with van der Waals surface area (Å²) in [5, 5.41) is 9.40. The number of thiophene rings is 1. The molecule has 1 N–H and O–H groups in total. The first-order chi connectivity index (χ1) is 8.63. The van der Waals surface area contributed by atoms with Crippen molar-refractivity contribution in [3.8, 4) is 5.75 Å². The number of aromatic hydroxyl groups is 1. The van der Waals surface area contributed by atoms with Crippen molar-refractivity contribution in [2.75, 3.05) is 13.6 Å². The SMILES string of the molecule is Cc1cc2c(s1)CN(C)CC2c1ccc(O)cc1. The van der Waals surface area contributed by atoms with Gasteiger partial charge in [-0.2, -0.15) is 0 Å². The van der Waals surface area contributed by atoms with Gasteiger partial charge in [0.25, 0.3) is 0 Å². The van der Waals surface area contributed by atoms with Crippen LogP contribution < -0.4 is 0 Å². The summed E-state index contributed by atoms with van der Waals surface area (Å²) in [5.41, 5.74) is 2.76. The number of hydrogen-bond donors (Lipinski definition) is 1. The molecule has 0 saturated heterocycles. The molecule has 1 aromatic carbocycles. The standard InChI is InChI=1S/C15H17NOS/c1-10-7-13-14(8-16(2)9-15(13)18-10)11-3-5-12(17)6-4-11/h3-7,14,17H,8-9H2,1-2H3. The largest absolute Gasteiger partial charge is 0.508 e. The molecular formula is C15H17NOS. The number of fused-ring (bicyclic) bond motifs is 1. The molecule has 0 saturated carbocycles. The van der Waals surface area contributed by atoms with Crippen LogP contribution in [-0.4, -0.2) is 23.6 Å². The minimum absolute atomic E-state index is 0.338. The first kappa shape index (κ1) is 11.8. The van der Waals surface area contributed by atoms with Crippen LogP contribution in [0.3, 0.4) is 0 Å². The monoisotopic (exact) mass is 259 g/mol. The van der Waals surface area contributed by atoms with Gasteiger partial charge in [-0.25, -0.2) is 0 Å². The molecule has 18 heavy (non-hydrogen) atoms. The van der Waals surface area contributed by atoms with E-state index in [1.165, 1.54) is 20.9 Å². The second-order valence-corrected chi connectivity index (χ2v) is 6.42. The van der Waals surface area contributed by atoms with Crippen molar-refractivity contribution in [2.24, 2.45) is 0 Å². The molecule has 0 radical (unpaired) electrons. The average molecular weight is 259 g/mol. The number of rotatable bonds is 1. The van der Waals surface area contributed by atoms with E-state index in [-0.39, 0.29) is 0 Å². The second kappa shape index (κ2) is 4.41. The van der Waals surface area contributed by atoms with Crippen molar-refractivity contribution in [1.29, 1.82) is 0 Å². The van der Waals surface area contributed by atoms with Crippen molar-refractivity contribution in [3.63, 3.8) is 0 Å². The van der Waals surface area contributed by atoms with E-state index in [2.05, 4.69) is 24.9 Å². The van der Waals surface area contributed by atoms with Crippen molar-refractivity contribution < 1.29 is 5.11 Å². The van der Waals surface area contributed by atoms with Gasteiger partial charge in [0.2, 0.25) is 0 Å². The number of aryl methyl sites for hydroxylation is 1. The van der Waals surface area contributed by atoms with Crippen molar-refractivity contribution in [3.05, 3.63) is 51.2 Å². The Morgan fingerprint density at radius 2 is 2.00 bits per heavy atom. The van der Waals surface area contributed by atoms with Crippen molar-refractivity contribution in [2.45, 2.75) is 19.4 Å². The van der Waals surface area contributed by atoms with Crippen LogP contribution in [0.5, 0.6) is 5.75 Å². The average Bonchev–Trinajstić information content (AvgIpc) is 2.69. The molecule has 0 amide bonds. The van der Waals surface area contributed by atoms with Gasteiger partial charge >= 0.3 is 0 Å². The fourth-order valence-corrected chi connectivity index (χ4v) is 3.89. The Labute approximate surface area is 112 Å². The summed E-state index contributed by atoms with van der Waals surface area (Å²) in [5.74, 6) is 0.772. The van der Waals surface area contributed by atoms with Crippen LogP contribution in [0.4, 0.5) is 0 Å². The number of hydrogen-bond acceptors (Lipinski definition) is 3. The highest BCUT2D eigenvalue weighted by Crippen LogP contribution is 2.37. The predicted molar refractivity (Wildman–Crippen MR) is 75.3 cm³/mol. The molecule has 3 rings (SSSR count). The lowest BCUT2D eigenvalue weighted by Gasteiger charge is -2.30. The Kier molecular flexibility index (Phi) is 2.88. The number of phenolic OH excluding ortho intramolecular Hbond substituents is 1. The lowest BCUT2D eigenvalue weighted by atomic mass is 9.88. The highest BCUT2D eigenvalue weighted by atomic mass is 32.1. The van der Waals surface area contributed by atoms with Crippen LogP contribution >= 0.6 is 11.3 Å². The molecule has 0 spiro atoms. The fraction of sp³-hybridized carbons (Fsp3) is 0.333. The molecule has 2 nitrogen and oxygen atoms in total. The Bertz CT molecular complexity index is 558. The molecule has 1 aliphatic rings. The van der Waals surface area contributed by atoms with Gasteiger partial charge in [0.1, 0.15) is 5.75 Å². The third-order valence-electron chi connectivity index (χ3n) is 3.54. The van der Waals surface area contributed by atoms with Gasteiger partial charge < -0.3 is 10.0 Å². The van der Waals surface area contributed by atoms with Gasteiger partial charge in [-0.1, -0.05) is 12.1 Å². The molecule has 1 aromatic heterocycles. The summed E-state index contributed by atoms with van der Waals surface area (Å²) < 4.78 is 0. The summed E-state index contributed by atoms with van der Waals surface area (Å²) in [7, 11) is 2.17. The van der Waals surface area contributed by atoms with E-state index >= 15 is 0 Å². The molecule has 0 bridgehead atoms. The van der Waals surface area contributed by atoms with E-state index in [0.717, 1.165) is 13.1 Å². The Balaban J connectivity index is 2.04. The summed E-state index contributed by atoms with van der Waals surface area (Å²) in [6.45, 7) is 4.28. The minimum atomic E-state index is 0.338. The number of benzene rings is 1. The molecule has 1 unspecified atom stereocenters. The maximum atomic E-state index is 9.40. The maximum absolute atomic E-state index is 9.40. The summed E-state index contributed by atoms with van der Waals surface area (Å²) >= 11 is 1.90. The lowest BCUT2D eigenvalue weighted by molar-refractivity contribution is 0.299. The van der Waals surface area contributed by atoms with Crippen LogP contribution in [0, 0.1) is 6.92 Å². The molecule has 3 heteroatoms. The van der Waals surface area contributed by atoms with Crippen LogP contribution in [0.2, 0.25) is 0 Å². The van der Waals surface area contributed by atoms with E-state index in [4.69, 9.17) is 0 Å². The van der Waals surface area contributed by atoms with Crippen LogP contribution in [0.15, 0.2) is 30.3 Å². The Morgan fingerprint density at radius 1 is 1.28 bits per heavy atom. The Hall–Kier alpha value is -1.32. The predicted octanol–water partition coefficient (Wildman–Crippen LogP) is 3.34. The fourth-order valence-electron chi connectivity index (χ4n) is 2.71. The van der Waals surface area contributed by atoms with Gasteiger partial charge in [-0.15, -0.1) is 11.3 Å². The van der Waals surface area contributed by atoms with Gasteiger partial charge in [0.05, 0.1) is 0 Å². The van der Waals surface area contributed by atoms with E-state index < -0.39 is 0 Å². The van der Waals surface area contributed by atoms with E-state index in [1.807, 2.05) is 23.5 Å². The van der Waals surface area contributed by atoms with E-state index in [0.29, 0.717) is 11.7 Å². The minimum Gasteiger partial charge on any atom is -0.508 e. The number of phenols is 1. The zero-order valence-electron chi connectivity index (χ0n) is 10.7. The van der Waals surface area contributed by atoms with Crippen LogP contribution in [0.25, 0.3) is 0 Å². The summed E-state index contributed by atoms with van der Waals surface area (Å²) in [4.78, 5) is 5.24. The molecule has 0 aliphatic carbocycles. The van der Waals surface area contributed by atoms with E-state index in [9.17, 15) is 5.11 Å². The molecule has 94 valence electrons. The van der Waals surface area contributed by atoms with Gasteiger partial charge in [-0.3, -0.25) is 0 Å². The Morgan fingerprint density at radius 3 is 2.72 bits per heavy atom. The number of likely N-dealkylation sites (N-methyl/N-ethyl adjacent to an activating group) is 1. The molecular weight excluding hydrogens is 242 g/mol. The number of nitrogens with zero attached hydrogens (tertiary/aromatic N) is 1. The molecule has 2 heterocycles.